The Bertz CT molecular complexity index is 773. The van der Waals surface area contributed by atoms with Gasteiger partial charge in [-0.2, -0.15) is 0 Å². The zero-order valence-electron chi connectivity index (χ0n) is 12.5. The average Bonchev–Trinajstić information content (AvgIpc) is 3.19. The Morgan fingerprint density at radius 3 is 2.00 bits per heavy atom. The Hall–Kier alpha value is -1.10. The molecule has 0 fully saturated rings. The molecule has 2 heterocycles. The lowest BCUT2D eigenvalue weighted by molar-refractivity contribution is 0.0530. The molecule has 0 radical (unpaired) electrons. The first-order chi connectivity index (χ1) is 11.5. The highest BCUT2D eigenvalue weighted by atomic mass is 79.9. The minimum atomic E-state index is -0.522. The highest BCUT2D eigenvalue weighted by molar-refractivity contribution is 9.08. The third-order valence-corrected chi connectivity index (χ3v) is 6.03. The van der Waals surface area contributed by atoms with Crippen molar-refractivity contribution in [3.8, 4) is 10.0 Å². The number of hydrogen-bond acceptors (Lipinski definition) is 8. The lowest BCUT2D eigenvalue weighted by Gasteiger charge is -1.98. The predicted octanol–water partition coefficient (Wildman–Crippen LogP) is 4.53. The normalized spacial score (nSPS) is 10.5. The number of alkyl halides is 2. The van der Waals surface area contributed by atoms with Crippen LogP contribution in [0.1, 0.15) is 37.7 Å². The lowest BCUT2D eigenvalue weighted by Crippen LogP contribution is -2.04. The highest BCUT2D eigenvalue weighted by Crippen LogP contribution is 2.35. The average molecular weight is 496 g/mol. The summed E-state index contributed by atoms with van der Waals surface area (Å²) in [6.07, 6.45) is 1.07. The minimum Gasteiger partial charge on any atom is -0.462 e. The number of thiazole rings is 2. The van der Waals surface area contributed by atoms with Crippen molar-refractivity contribution in [3.63, 3.8) is 0 Å². The quantitative estimate of drug-likeness (QED) is 0.319. The van der Waals surface area contributed by atoms with Gasteiger partial charge in [-0.25, -0.2) is 19.6 Å². The van der Waals surface area contributed by atoms with Crippen LogP contribution in [0, 0.1) is 0 Å². The third-order valence-electron chi connectivity index (χ3n) is 2.67. The Labute approximate surface area is 163 Å². The SMILES string of the molecule is C=COC(=O)c1sc(-c2nc(CBr)c(C(=O)OCC)s2)nc1CBr. The maximum Gasteiger partial charge on any atom is 0.355 e. The number of rotatable bonds is 7. The smallest absolute Gasteiger partial charge is 0.355 e. The van der Waals surface area contributed by atoms with Gasteiger partial charge in [0.25, 0.3) is 0 Å². The topological polar surface area (TPSA) is 78.4 Å². The number of carbonyl (C=O) groups excluding carboxylic acids is 2. The van der Waals surface area contributed by atoms with E-state index in [0.29, 0.717) is 41.8 Å². The number of hydrogen-bond donors (Lipinski definition) is 0. The first kappa shape index (κ1) is 19.2. The van der Waals surface area contributed by atoms with Crippen LogP contribution in [0.5, 0.6) is 0 Å². The maximum atomic E-state index is 12.0. The van der Waals surface area contributed by atoms with Gasteiger partial charge in [-0.15, -0.1) is 22.7 Å². The molecule has 0 saturated heterocycles. The molecule has 0 aliphatic rings. The Balaban J connectivity index is 2.43. The van der Waals surface area contributed by atoms with Crippen LogP contribution in [0.15, 0.2) is 12.8 Å². The molecule has 0 atom stereocenters. The number of nitrogens with zero attached hydrogens (tertiary/aromatic N) is 2. The van der Waals surface area contributed by atoms with E-state index in [1.54, 1.807) is 6.92 Å². The van der Waals surface area contributed by atoms with Crippen molar-refractivity contribution >= 4 is 66.5 Å². The van der Waals surface area contributed by atoms with Gasteiger partial charge in [0.15, 0.2) is 10.0 Å². The maximum absolute atomic E-state index is 12.0. The van der Waals surface area contributed by atoms with E-state index in [4.69, 9.17) is 9.47 Å². The zero-order valence-corrected chi connectivity index (χ0v) is 17.3. The summed E-state index contributed by atoms with van der Waals surface area (Å²) in [7, 11) is 0. The van der Waals surface area contributed by atoms with Gasteiger partial charge in [0.2, 0.25) is 0 Å². The number of aromatic nitrogens is 2. The second-order valence-corrected chi connectivity index (χ2v) is 7.27. The molecule has 6 nitrogen and oxygen atoms in total. The van der Waals surface area contributed by atoms with Gasteiger partial charge in [0.05, 0.1) is 24.3 Å². The zero-order chi connectivity index (χ0) is 17.7. The van der Waals surface area contributed by atoms with Gasteiger partial charge in [0.1, 0.15) is 9.75 Å². The van der Waals surface area contributed by atoms with Crippen LogP contribution >= 0.6 is 54.5 Å². The van der Waals surface area contributed by atoms with E-state index in [1.807, 2.05) is 0 Å². The highest BCUT2D eigenvalue weighted by Gasteiger charge is 2.24. The van der Waals surface area contributed by atoms with Gasteiger partial charge in [-0.1, -0.05) is 38.4 Å². The van der Waals surface area contributed by atoms with Crippen molar-refractivity contribution in [2.24, 2.45) is 0 Å². The fraction of sp³-hybridized carbons (Fsp3) is 0.286. The van der Waals surface area contributed by atoms with Crippen molar-refractivity contribution < 1.29 is 19.1 Å². The summed E-state index contributed by atoms with van der Waals surface area (Å²) in [5.41, 5.74) is 1.13. The first-order valence-corrected chi connectivity index (χ1v) is 10.5. The second kappa shape index (κ2) is 8.84. The Kier molecular flexibility index (Phi) is 7.08. The molecule has 0 aliphatic heterocycles. The molecule has 0 N–H and O–H groups in total. The lowest BCUT2D eigenvalue weighted by atomic mass is 10.4. The Morgan fingerprint density at radius 2 is 1.58 bits per heavy atom. The van der Waals surface area contributed by atoms with Crippen LogP contribution in [0.25, 0.3) is 10.0 Å². The van der Waals surface area contributed by atoms with E-state index >= 15 is 0 Å². The monoisotopic (exact) mass is 494 g/mol. The second-order valence-electron chi connectivity index (χ2n) is 4.15. The minimum absolute atomic E-state index is 0.288. The van der Waals surface area contributed by atoms with Gasteiger partial charge >= 0.3 is 11.9 Å². The predicted molar refractivity (Wildman–Crippen MR) is 100 cm³/mol. The van der Waals surface area contributed by atoms with Gasteiger partial charge < -0.3 is 9.47 Å². The standard InChI is InChI=1S/C14H12Br2N2O4S2/c1-3-21-13(19)9-7(5-15)17-11(23-9)12-18-8(6-16)10(24-12)14(20)22-4-2/h3H,1,4-6H2,2H3. The van der Waals surface area contributed by atoms with E-state index in [2.05, 4.69) is 48.4 Å². The van der Waals surface area contributed by atoms with E-state index in [1.165, 1.54) is 11.3 Å². The van der Waals surface area contributed by atoms with Gasteiger partial charge in [-0.05, 0) is 6.92 Å². The van der Waals surface area contributed by atoms with Crippen molar-refractivity contribution in [2.45, 2.75) is 17.6 Å². The van der Waals surface area contributed by atoms with Crippen molar-refractivity contribution in [3.05, 3.63) is 34.0 Å². The molecule has 0 saturated carbocycles. The number of ether oxygens (including phenoxy) is 2. The Morgan fingerprint density at radius 1 is 1.08 bits per heavy atom. The molecule has 24 heavy (non-hydrogen) atoms. The number of halogens is 2. The summed E-state index contributed by atoms with van der Waals surface area (Å²) in [5.74, 6) is -0.939. The van der Waals surface area contributed by atoms with Crippen LogP contribution in [-0.4, -0.2) is 28.5 Å². The molecule has 0 spiro atoms. The first-order valence-electron chi connectivity index (χ1n) is 6.66. The van der Waals surface area contributed by atoms with Crippen molar-refractivity contribution in [1.29, 1.82) is 0 Å². The molecule has 128 valence electrons. The molecular formula is C14H12Br2N2O4S2. The van der Waals surface area contributed by atoms with Crippen molar-refractivity contribution in [2.75, 3.05) is 6.61 Å². The number of esters is 2. The molecule has 2 aromatic rings. The van der Waals surface area contributed by atoms with E-state index in [-0.39, 0.29) is 6.61 Å². The molecule has 2 rings (SSSR count). The van der Waals surface area contributed by atoms with E-state index in [9.17, 15) is 9.59 Å². The third kappa shape index (κ3) is 4.11. The fourth-order valence-corrected chi connectivity index (χ4v) is 4.85. The van der Waals surface area contributed by atoms with Crippen LogP contribution in [0.3, 0.4) is 0 Å². The van der Waals surface area contributed by atoms with Crippen LogP contribution in [0.4, 0.5) is 0 Å². The van der Waals surface area contributed by atoms with Crippen LogP contribution in [0.2, 0.25) is 0 Å². The molecule has 10 heteroatoms. The molecule has 0 aromatic carbocycles. The van der Waals surface area contributed by atoms with Crippen LogP contribution < -0.4 is 0 Å². The summed E-state index contributed by atoms with van der Waals surface area (Å²) >= 11 is 8.97. The number of carbonyl (C=O) groups is 2. The summed E-state index contributed by atoms with van der Waals surface area (Å²) in [4.78, 5) is 33.6. The summed E-state index contributed by atoms with van der Waals surface area (Å²) in [6, 6.07) is 0. The molecule has 0 aliphatic carbocycles. The molecule has 0 amide bonds. The summed E-state index contributed by atoms with van der Waals surface area (Å²) in [6.45, 7) is 5.40. The largest absolute Gasteiger partial charge is 0.462 e. The van der Waals surface area contributed by atoms with Gasteiger partial charge in [0, 0.05) is 10.7 Å². The molecule has 2 aromatic heterocycles. The van der Waals surface area contributed by atoms with Crippen LogP contribution in [-0.2, 0) is 20.1 Å². The fourth-order valence-electron chi connectivity index (χ4n) is 1.71. The molecule has 0 bridgehead atoms. The van der Waals surface area contributed by atoms with Gasteiger partial charge in [-0.3, -0.25) is 0 Å². The van der Waals surface area contributed by atoms with E-state index < -0.39 is 11.9 Å². The molecule has 0 unspecified atom stereocenters. The van der Waals surface area contributed by atoms with Crippen molar-refractivity contribution in [1.82, 2.24) is 9.97 Å². The van der Waals surface area contributed by atoms with E-state index in [0.717, 1.165) is 17.6 Å². The summed E-state index contributed by atoms with van der Waals surface area (Å²) < 4.78 is 9.86. The molecular weight excluding hydrogens is 484 g/mol. The summed E-state index contributed by atoms with van der Waals surface area (Å²) in [5, 5.41) is 1.91.